The Morgan fingerprint density at radius 3 is 2.44 bits per heavy atom. The smallest absolute Gasteiger partial charge is 0.222 e. The highest BCUT2D eigenvalue weighted by Crippen LogP contribution is 2.28. The van der Waals surface area contributed by atoms with E-state index in [-0.39, 0.29) is 5.96 Å². The van der Waals surface area contributed by atoms with Gasteiger partial charge in [0.25, 0.3) is 0 Å². The van der Waals surface area contributed by atoms with Gasteiger partial charge in [0.2, 0.25) is 18.2 Å². The average molecular weight is 403 g/mol. The second-order valence-electron chi connectivity index (χ2n) is 6.45. The number of halogens is 2. The van der Waals surface area contributed by atoms with Gasteiger partial charge in [-0.2, -0.15) is 4.99 Å². The van der Waals surface area contributed by atoms with Crippen LogP contribution in [0.15, 0.2) is 58.5 Å². The van der Waals surface area contributed by atoms with Crippen LogP contribution in [0, 0.1) is 0 Å². The van der Waals surface area contributed by atoms with Gasteiger partial charge in [0.1, 0.15) is 0 Å². The minimum absolute atomic E-state index is 0.252. The molecule has 8 heteroatoms. The van der Waals surface area contributed by atoms with Gasteiger partial charge in [-0.3, -0.25) is 4.90 Å². The normalized spacial score (nSPS) is 19.7. The zero-order valence-corrected chi connectivity index (χ0v) is 16.2. The lowest BCUT2D eigenvalue weighted by molar-refractivity contribution is 0.497. The van der Waals surface area contributed by atoms with Crippen molar-refractivity contribution in [2.24, 2.45) is 15.7 Å². The molecule has 1 saturated heterocycles. The van der Waals surface area contributed by atoms with Crippen LogP contribution in [-0.4, -0.2) is 36.2 Å². The zero-order chi connectivity index (χ0) is 18.8. The number of nitrogens with two attached hydrogens (primary N) is 1. The van der Waals surface area contributed by atoms with Crippen molar-refractivity contribution in [1.82, 2.24) is 4.90 Å². The Kier molecular flexibility index (Phi) is 5.09. The summed E-state index contributed by atoms with van der Waals surface area (Å²) < 4.78 is 0. The molecule has 4 rings (SSSR count). The van der Waals surface area contributed by atoms with E-state index in [0.29, 0.717) is 10.0 Å². The van der Waals surface area contributed by atoms with Gasteiger partial charge in [-0.05, 0) is 43.2 Å². The van der Waals surface area contributed by atoms with E-state index in [0.717, 1.165) is 43.3 Å². The molecular formula is C19H20Cl2N6. The number of guanidine groups is 2. The third kappa shape index (κ3) is 3.82. The molecular weight excluding hydrogens is 383 g/mol. The Morgan fingerprint density at radius 2 is 1.74 bits per heavy atom. The number of para-hydroxylation sites is 1. The summed E-state index contributed by atoms with van der Waals surface area (Å²) in [6.45, 7) is 1.91. The van der Waals surface area contributed by atoms with Crippen molar-refractivity contribution < 1.29 is 0 Å². The van der Waals surface area contributed by atoms with Crippen LogP contribution in [0.1, 0.15) is 12.8 Å². The predicted molar refractivity (Wildman–Crippen MR) is 113 cm³/mol. The quantitative estimate of drug-likeness (QED) is 0.814. The van der Waals surface area contributed by atoms with Gasteiger partial charge in [-0.25, -0.2) is 4.99 Å². The fourth-order valence-corrected chi connectivity index (χ4v) is 3.59. The maximum Gasteiger partial charge on any atom is 0.222 e. The van der Waals surface area contributed by atoms with E-state index >= 15 is 0 Å². The Bertz CT molecular complexity index is 877. The van der Waals surface area contributed by atoms with Gasteiger partial charge in [0, 0.05) is 24.5 Å². The van der Waals surface area contributed by atoms with E-state index in [1.54, 1.807) is 12.1 Å². The molecule has 0 bridgehead atoms. The Hall–Kier alpha value is -2.44. The Morgan fingerprint density at radius 1 is 1.00 bits per heavy atom. The van der Waals surface area contributed by atoms with E-state index in [2.05, 4.69) is 25.1 Å². The SMILES string of the molecule is NC1=NC(Nc2ccc(Cl)c(Cl)c2)N(c2ccccc2)C(N2CCCC2)=N1. The number of nitrogens with one attached hydrogen (secondary N) is 1. The maximum atomic E-state index is 6.17. The molecule has 2 aromatic carbocycles. The summed E-state index contributed by atoms with van der Waals surface area (Å²) >= 11 is 12.2. The molecule has 2 heterocycles. The lowest BCUT2D eigenvalue weighted by Crippen LogP contribution is -2.54. The number of anilines is 2. The van der Waals surface area contributed by atoms with Gasteiger partial charge in [-0.15, -0.1) is 0 Å². The number of nitrogens with zero attached hydrogens (tertiary/aromatic N) is 4. The van der Waals surface area contributed by atoms with E-state index < -0.39 is 6.29 Å². The van der Waals surface area contributed by atoms with Crippen LogP contribution in [-0.2, 0) is 0 Å². The molecule has 1 fully saturated rings. The molecule has 1 atom stereocenters. The van der Waals surface area contributed by atoms with Crippen molar-refractivity contribution in [3.05, 3.63) is 58.6 Å². The monoisotopic (exact) mass is 402 g/mol. The summed E-state index contributed by atoms with van der Waals surface area (Å²) in [5, 5.41) is 4.38. The number of likely N-dealkylation sites (tertiary alicyclic amines) is 1. The van der Waals surface area contributed by atoms with E-state index in [1.807, 2.05) is 36.4 Å². The average Bonchev–Trinajstić information content (AvgIpc) is 3.20. The summed E-state index contributed by atoms with van der Waals surface area (Å²) in [5.41, 5.74) is 7.84. The lowest BCUT2D eigenvalue weighted by atomic mass is 10.2. The number of hydrogen-bond acceptors (Lipinski definition) is 6. The van der Waals surface area contributed by atoms with Crippen LogP contribution in [0.2, 0.25) is 10.0 Å². The van der Waals surface area contributed by atoms with Crippen molar-refractivity contribution >= 4 is 46.5 Å². The molecule has 6 nitrogen and oxygen atoms in total. The highest BCUT2D eigenvalue weighted by atomic mass is 35.5. The first kappa shape index (κ1) is 17.9. The Balaban J connectivity index is 1.71. The van der Waals surface area contributed by atoms with Gasteiger partial charge < -0.3 is 16.0 Å². The molecule has 3 N–H and O–H groups in total. The van der Waals surface area contributed by atoms with E-state index in [1.165, 1.54) is 0 Å². The minimum atomic E-state index is -0.447. The van der Waals surface area contributed by atoms with Crippen molar-refractivity contribution in [2.75, 3.05) is 23.3 Å². The van der Waals surface area contributed by atoms with Crippen LogP contribution in [0.3, 0.4) is 0 Å². The van der Waals surface area contributed by atoms with Gasteiger partial charge in [0.15, 0.2) is 0 Å². The van der Waals surface area contributed by atoms with Gasteiger partial charge in [-0.1, -0.05) is 41.4 Å². The van der Waals surface area contributed by atoms with Crippen LogP contribution in [0.5, 0.6) is 0 Å². The molecule has 0 amide bonds. The van der Waals surface area contributed by atoms with E-state index in [4.69, 9.17) is 28.9 Å². The predicted octanol–water partition coefficient (Wildman–Crippen LogP) is 3.98. The summed E-state index contributed by atoms with van der Waals surface area (Å²) in [6.07, 6.45) is 1.84. The topological polar surface area (TPSA) is 69.2 Å². The number of aliphatic imine (C=N–C) groups is 2. The maximum absolute atomic E-state index is 6.17. The molecule has 1 unspecified atom stereocenters. The van der Waals surface area contributed by atoms with Crippen LogP contribution >= 0.6 is 23.2 Å². The third-order valence-electron chi connectivity index (χ3n) is 4.57. The Labute approximate surface area is 168 Å². The second-order valence-corrected chi connectivity index (χ2v) is 7.26. The summed E-state index contributed by atoms with van der Waals surface area (Å²) in [6, 6.07) is 15.4. The molecule has 2 aliphatic rings. The molecule has 0 spiro atoms. The first-order chi connectivity index (χ1) is 13.1. The number of rotatable bonds is 3. The molecule has 2 aliphatic heterocycles. The molecule has 0 aromatic heterocycles. The fraction of sp³-hybridized carbons (Fsp3) is 0.263. The number of benzene rings is 2. The second kappa shape index (κ2) is 7.66. The molecule has 140 valence electrons. The minimum Gasteiger partial charge on any atom is -0.368 e. The summed E-state index contributed by atoms with van der Waals surface area (Å²) in [4.78, 5) is 13.4. The van der Waals surface area contributed by atoms with Crippen molar-refractivity contribution in [3.8, 4) is 0 Å². The van der Waals surface area contributed by atoms with Gasteiger partial charge >= 0.3 is 0 Å². The van der Waals surface area contributed by atoms with Gasteiger partial charge in [0.05, 0.1) is 10.0 Å². The molecule has 0 saturated carbocycles. The van der Waals surface area contributed by atoms with Crippen molar-refractivity contribution in [3.63, 3.8) is 0 Å². The lowest BCUT2D eigenvalue weighted by Gasteiger charge is -2.38. The summed E-state index contributed by atoms with van der Waals surface area (Å²) in [7, 11) is 0. The number of hydrogen-bond donors (Lipinski definition) is 2. The molecule has 27 heavy (non-hydrogen) atoms. The third-order valence-corrected chi connectivity index (χ3v) is 5.31. The zero-order valence-electron chi connectivity index (χ0n) is 14.6. The first-order valence-electron chi connectivity index (χ1n) is 8.84. The first-order valence-corrected chi connectivity index (χ1v) is 9.60. The summed E-state index contributed by atoms with van der Waals surface area (Å²) in [5.74, 6) is 1.06. The largest absolute Gasteiger partial charge is 0.368 e. The standard InChI is InChI=1S/C19H20Cl2N6/c20-15-9-8-13(12-16(15)21)23-18-24-17(22)25-19(26-10-4-5-11-26)27(18)14-6-2-1-3-7-14/h1-3,6-9,12,18,23H,4-5,10-11H2,(H2,22,24). The van der Waals surface area contributed by atoms with Crippen LogP contribution in [0.4, 0.5) is 11.4 Å². The van der Waals surface area contributed by atoms with Crippen molar-refractivity contribution in [1.29, 1.82) is 0 Å². The van der Waals surface area contributed by atoms with Crippen LogP contribution in [0.25, 0.3) is 0 Å². The van der Waals surface area contributed by atoms with Crippen LogP contribution < -0.4 is 16.0 Å². The highest BCUT2D eigenvalue weighted by molar-refractivity contribution is 6.42. The molecule has 2 aromatic rings. The van der Waals surface area contributed by atoms with Crippen molar-refractivity contribution in [2.45, 2.75) is 19.1 Å². The van der Waals surface area contributed by atoms with E-state index in [9.17, 15) is 0 Å². The molecule has 0 aliphatic carbocycles. The molecule has 0 radical (unpaired) electrons. The fourth-order valence-electron chi connectivity index (χ4n) is 3.29. The highest BCUT2D eigenvalue weighted by Gasteiger charge is 2.32.